The highest BCUT2D eigenvalue weighted by atomic mass is 16.5. The first-order valence-electron chi connectivity index (χ1n) is 6.59. The second kappa shape index (κ2) is 4.99. The fraction of sp³-hybridized carbons (Fsp3) is 0.533. The minimum absolute atomic E-state index is 0.164. The molecule has 2 atom stereocenters. The molecule has 1 aromatic carbocycles. The van der Waals surface area contributed by atoms with Gasteiger partial charge in [-0.15, -0.1) is 0 Å². The van der Waals surface area contributed by atoms with Crippen LogP contribution in [0.4, 0.5) is 0 Å². The molecule has 2 unspecified atom stereocenters. The molecule has 0 saturated carbocycles. The quantitative estimate of drug-likeness (QED) is 0.820. The lowest BCUT2D eigenvalue weighted by atomic mass is 9.76. The van der Waals surface area contributed by atoms with Gasteiger partial charge in [-0.25, -0.2) is 0 Å². The molecular weight excluding hydrogens is 224 g/mol. The molecule has 0 amide bonds. The average Bonchev–Trinajstić information content (AvgIpc) is 2.42. The van der Waals surface area contributed by atoms with E-state index >= 15 is 0 Å². The summed E-state index contributed by atoms with van der Waals surface area (Å²) in [4.78, 5) is 2.24. The molecule has 1 aliphatic heterocycles. The van der Waals surface area contributed by atoms with Crippen LogP contribution in [0.5, 0.6) is 5.75 Å². The number of hydrogen-bond donors (Lipinski definition) is 0. The van der Waals surface area contributed by atoms with Crippen molar-refractivity contribution in [2.45, 2.75) is 26.3 Å². The normalized spacial score (nSPS) is 26.3. The van der Waals surface area contributed by atoms with Crippen molar-refractivity contribution in [3.8, 4) is 11.8 Å². The van der Waals surface area contributed by atoms with Crippen LogP contribution in [-0.2, 0) is 5.54 Å². The van der Waals surface area contributed by atoms with E-state index in [2.05, 4.69) is 31.7 Å². The fourth-order valence-corrected chi connectivity index (χ4v) is 2.95. The molecule has 0 spiro atoms. The summed E-state index contributed by atoms with van der Waals surface area (Å²) in [5.74, 6) is 1.02. The third-order valence-electron chi connectivity index (χ3n) is 3.93. The van der Waals surface area contributed by atoms with Gasteiger partial charge in [0.1, 0.15) is 11.3 Å². The van der Waals surface area contributed by atoms with Crippen molar-refractivity contribution in [2.75, 3.05) is 19.7 Å². The van der Waals surface area contributed by atoms with Gasteiger partial charge in [-0.3, -0.25) is 4.90 Å². The number of rotatable bonds is 3. The van der Waals surface area contributed by atoms with Gasteiger partial charge in [-0.1, -0.05) is 39.0 Å². The predicted molar refractivity (Wildman–Crippen MR) is 71.3 cm³/mol. The van der Waals surface area contributed by atoms with Crippen LogP contribution in [0, 0.1) is 17.2 Å². The molecule has 0 radical (unpaired) electrons. The average molecular weight is 244 g/mol. The Morgan fingerprint density at radius 2 is 2.06 bits per heavy atom. The van der Waals surface area contributed by atoms with Gasteiger partial charge in [-0.2, -0.15) is 5.26 Å². The molecule has 0 aliphatic carbocycles. The summed E-state index contributed by atoms with van der Waals surface area (Å²) >= 11 is 0. The molecule has 18 heavy (non-hydrogen) atoms. The Kier molecular flexibility index (Phi) is 3.58. The summed E-state index contributed by atoms with van der Waals surface area (Å²) in [6, 6.07) is 10.5. The maximum absolute atomic E-state index is 9.84. The van der Waals surface area contributed by atoms with E-state index < -0.39 is 5.54 Å². The van der Waals surface area contributed by atoms with Crippen LogP contribution in [0.25, 0.3) is 0 Å². The monoisotopic (exact) mass is 244 g/mol. The summed E-state index contributed by atoms with van der Waals surface area (Å²) in [5.41, 5.74) is 0.452. The van der Waals surface area contributed by atoms with Crippen molar-refractivity contribution in [2.24, 2.45) is 5.92 Å². The highest BCUT2D eigenvalue weighted by molar-refractivity contribution is 5.45. The van der Waals surface area contributed by atoms with Crippen LogP contribution in [0.2, 0.25) is 0 Å². The Bertz CT molecular complexity index is 462. The number of benzene rings is 1. The fourth-order valence-electron chi connectivity index (χ4n) is 2.95. The summed E-state index contributed by atoms with van der Waals surface area (Å²) in [6.45, 7) is 8.63. The van der Waals surface area contributed by atoms with Gasteiger partial charge in [0.25, 0.3) is 0 Å². The predicted octanol–water partition coefficient (Wildman–Crippen LogP) is 2.78. The first-order valence-corrected chi connectivity index (χ1v) is 6.59. The maximum Gasteiger partial charge on any atom is 0.144 e. The Balaban J connectivity index is 2.61. The van der Waals surface area contributed by atoms with Crippen LogP contribution in [0.1, 0.15) is 26.3 Å². The zero-order valence-corrected chi connectivity index (χ0v) is 11.3. The summed E-state index contributed by atoms with van der Waals surface area (Å²) < 4.78 is 5.75. The van der Waals surface area contributed by atoms with Crippen LogP contribution in [-0.4, -0.2) is 24.6 Å². The number of hydrogen-bond acceptors (Lipinski definition) is 3. The minimum Gasteiger partial charge on any atom is -0.493 e. The topological polar surface area (TPSA) is 36.3 Å². The first-order chi connectivity index (χ1) is 8.70. The lowest BCUT2D eigenvalue weighted by Crippen LogP contribution is -2.53. The zero-order valence-electron chi connectivity index (χ0n) is 11.3. The van der Waals surface area contributed by atoms with E-state index in [4.69, 9.17) is 4.74 Å². The van der Waals surface area contributed by atoms with E-state index in [1.165, 1.54) is 0 Å². The van der Waals surface area contributed by atoms with Crippen LogP contribution in [0.3, 0.4) is 0 Å². The van der Waals surface area contributed by atoms with E-state index in [0.717, 1.165) is 24.4 Å². The number of ether oxygens (including phenoxy) is 1. The maximum atomic E-state index is 9.84. The second-order valence-corrected chi connectivity index (χ2v) is 4.76. The molecule has 1 aliphatic rings. The second-order valence-electron chi connectivity index (χ2n) is 4.76. The molecule has 96 valence electrons. The van der Waals surface area contributed by atoms with E-state index in [1.807, 2.05) is 24.3 Å². The van der Waals surface area contributed by atoms with Crippen LogP contribution < -0.4 is 4.74 Å². The zero-order chi connectivity index (χ0) is 13.2. The molecule has 3 nitrogen and oxygen atoms in total. The SMILES string of the molecule is CCN(CC)C1(C#N)c2ccccc2OCC1C. The van der Waals surface area contributed by atoms with Crippen molar-refractivity contribution in [3.05, 3.63) is 29.8 Å². The Morgan fingerprint density at radius 3 is 2.67 bits per heavy atom. The lowest BCUT2D eigenvalue weighted by molar-refractivity contribution is 0.0443. The molecular formula is C15H20N2O. The molecule has 0 bridgehead atoms. The molecule has 1 aromatic rings. The molecule has 3 heteroatoms. The van der Waals surface area contributed by atoms with Gasteiger partial charge in [0.15, 0.2) is 0 Å². The van der Waals surface area contributed by atoms with Gasteiger partial charge in [-0.05, 0) is 19.2 Å². The number of para-hydroxylation sites is 1. The van der Waals surface area contributed by atoms with E-state index in [9.17, 15) is 5.26 Å². The molecule has 0 saturated heterocycles. The lowest BCUT2D eigenvalue weighted by Gasteiger charge is -2.45. The number of fused-ring (bicyclic) bond motifs is 1. The largest absolute Gasteiger partial charge is 0.493 e. The van der Waals surface area contributed by atoms with Gasteiger partial charge < -0.3 is 4.74 Å². The van der Waals surface area contributed by atoms with E-state index in [0.29, 0.717) is 6.61 Å². The smallest absolute Gasteiger partial charge is 0.144 e. The van der Waals surface area contributed by atoms with Gasteiger partial charge in [0, 0.05) is 11.5 Å². The molecule has 0 aromatic heterocycles. The molecule has 1 heterocycles. The molecule has 0 N–H and O–H groups in total. The van der Waals surface area contributed by atoms with Crippen LogP contribution in [0.15, 0.2) is 24.3 Å². The van der Waals surface area contributed by atoms with Crippen molar-refractivity contribution in [1.82, 2.24) is 4.90 Å². The van der Waals surface area contributed by atoms with Gasteiger partial charge in [0.05, 0.1) is 12.7 Å². The number of nitriles is 1. The summed E-state index contributed by atoms with van der Waals surface area (Å²) in [7, 11) is 0. The number of nitrogens with zero attached hydrogens (tertiary/aromatic N) is 2. The Morgan fingerprint density at radius 1 is 1.39 bits per heavy atom. The van der Waals surface area contributed by atoms with E-state index in [1.54, 1.807) is 0 Å². The molecule has 0 fully saturated rings. The minimum atomic E-state index is -0.557. The van der Waals surface area contributed by atoms with Crippen molar-refractivity contribution < 1.29 is 4.74 Å². The summed E-state index contributed by atoms with van der Waals surface area (Å²) in [5, 5.41) is 9.84. The van der Waals surface area contributed by atoms with Crippen LogP contribution >= 0.6 is 0 Å². The van der Waals surface area contributed by atoms with Crippen molar-refractivity contribution >= 4 is 0 Å². The third kappa shape index (κ3) is 1.69. The Hall–Kier alpha value is -1.53. The molecule has 2 rings (SSSR count). The van der Waals surface area contributed by atoms with E-state index in [-0.39, 0.29) is 5.92 Å². The highest BCUT2D eigenvalue weighted by Crippen LogP contribution is 2.43. The summed E-state index contributed by atoms with van der Waals surface area (Å²) in [6.07, 6.45) is 0. The van der Waals surface area contributed by atoms with Gasteiger partial charge >= 0.3 is 0 Å². The Labute approximate surface area is 109 Å². The standard InChI is InChI=1S/C15H20N2O/c1-4-17(5-2)15(11-16)12(3)10-18-14-9-7-6-8-13(14)15/h6-9,12H,4-5,10H2,1-3H3. The third-order valence-corrected chi connectivity index (χ3v) is 3.93. The van der Waals surface area contributed by atoms with Crippen molar-refractivity contribution in [1.29, 1.82) is 5.26 Å². The highest BCUT2D eigenvalue weighted by Gasteiger charge is 2.47. The van der Waals surface area contributed by atoms with Crippen molar-refractivity contribution in [3.63, 3.8) is 0 Å². The van der Waals surface area contributed by atoms with Gasteiger partial charge in [0.2, 0.25) is 0 Å². The first kappa shape index (κ1) is 12.9.